The van der Waals surface area contributed by atoms with E-state index in [1.165, 1.54) is 16.7 Å². The van der Waals surface area contributed by atoms with E-state index in [0.717, 1.165) is 19.4 Å². The quantitative estimate of drug-likeness (QED) is 0.885. The molecule has 1 aromatic carbocycles. The molecule has 18 heavy (non-hydrogen) atoms. The zero-order valence-corrected chi connectivity index (χ0v) is 11.6. The largest absolute Gasteiger partial charge is 0.388 e. The van der Waals surface area contributed by atoms with Crippen LogP contribution in [0.3, 0.4) is 0 Å². The van der Waals surface area contributed by atoms with Crippen LogP contribution in [0, 0.1) is 12.8 Å². The molecule has 0 radical (unpaired) electrons. The molecule has 2 atom stereocenters. The third-order valence-electron chi connectivity index (χ3n) is 3.66. The van der Waals surface area contributed by atoms with Gasteiger partial charge in [-0.05, 0) is 45.0 Å². The van der Waals surface area contributed by atoms with Crippen molar-refractivity contribution in [1.82, 2.24) is 4.90 Å². The van der Waals surface area contributed by atoms with E-state index in [2.05, 4.69) is 56.3 Å². The van der Waals surface area contributed by atoms with Crippen LogP contribution in [-0.2, 0) is 0 Å². The van der Waals surface area contributed by atoms with E-state index in [0.29, 0.717) is 5.92 Å². The van der Waals surface area contributed by atoms with Crippen LogP contribution in [-0.4, -0.2) is 36.8 Å². The fourth-order valence-electron chi connectivity index (χ4n) is 2.66. The van der Waals surface area contributed by atoms with Crippen LogP contribution in [0.25, 0.3) is 6.08 Å². The number of hydrogen-bond acceptors (Lipinski definition) is 2. The van der Waals surface area contributed by atoms with E-state index in [1.807, 2.05) is 0 Å². The smallest absolute Gasteiger partial charge is 0.0793 e. The lowest BCUT2D eigenvalue weighted by Gasteiger charge is -2.19. The molecule has 98 valence electrons. The van der Waals surface area contributed by atoms with Crippen molar-refractivity contribution in [2.75, 3.05) is 20.6 Å². The van der Waals surface area contributed by atoms with Gasteiger partial charge < -0.3 is 10.0 Å². The van der Waals surface area contributed by atoms with Gasteiger partial charge in [-0.25, -0.2) is 0 Å². The van der Waals surface area contributed by atoms with Gasteiger partial charge in [0.25, 0.3) is 0 Å². The van der Waals surface area contributed by atoms with E-state index in [4.69, 9.17) is 0 Å². The fraction of sp³-hybridized carbons (Fsp3) is 0.500. The summed E-state index contributed by atoms with van der Waals surface area (Å²) in [5, 5.41) is 10.3. The number of nitrogens with zero attached hydrogens (tertiary/aromatic N) is 1. The Balaban J connectivity index is 2.08. The predicted octanol–water partition coefficient (Wildman–Crippen LogP) is 2.71. The molecule has 1 aliphatic carbocycles. The zero-order valence-electron chi connectivity index (χ0n) is 11.6. The molecule has 1 aromatic rings. The molecule has 0 aliphatic heterocycles. The molecular weight excluding hydrogens is 222 g/mol. The van der Waals surface area contributed by atoms with Gasteiger partial charge in [-0.3, -0.25) is 0 Å². The first kappa shape index (κ1) is 13.3. The second-order valence-corrected chi connectivity index (χ2v) is 5.64. The Bertz CT molecular complexity index is 419. The maximum atomic E-state index is 10.3. The minimum atomic E-state index is -0.270. The van der Waals surface area contributed by atoms with Gasteiger partial charge in [0.15, 0.2) is 0 Å². The van der Waals surface area contributed by atoms with Crippen LogP contribution >= 0.6 is 0 Å². The normalized spacial score (nSPS) is 26.2. The van der Waals surface area contributed by atoms with Crippen molar-refractivity contribution in [2.24, 2.45) is 5.92 Å². The van der Waals surface area contributed by atoms with Gasteiger partial charge in [0.1, 0.15) is 0 Å². The van der Waals surface area contributed by atoms with Crippen molar-refractivity contribution in [3.05, 3.63) is 41.0 Å². The maximum Gasteiger partial charge on any atom is 0.0793 e. The van der Waals surface area contributed by atoms with Crippen LogP contribution in [0.2, 0.25) is 0 Å². The summed E-state index contributed by atoms with van der Waals surface area (Å²) < 4.78 is 0. The summed E-state index contributed by atoms with van der Waals surface area (Å²) in [5.41, 5.74) is 3.65. The van der Waals surface area contributed by atoms with Gasteiger partial charge in [0.2, 0.25) is 0 Å². The summed E-state index contributed by atoms with van der Waals surface area (Å²) in [4.78, 5) is 2.16. The van der Waals surface area contributed by atoms with Crippen molar-refractivity contribution in [3.63, 3.8) is 0 Å². The highest BCUT2D eigenvalue weighted by molar-refractivity contribution is 5.55. The molecule has 2 unspecified atom stereocenters. The van der Waals surface area contributed by atoms with Crippen molar-refractivity contribution < 1.29 is 5.11 Å². The summed E-state index contributed by atoms with van der Waals surface area (Å²) in [6.07, 6.45) is 4.00. The van der Waals surface area contributed by atoms with Crippen molar-refractivity contribution in [3.8, 4) is 0 Å². The minimum Gasteiger partial charge on any atom is -0.388 e. The predicted molar refractivity (Wildman–Crippen MR) is 76.4 cm³/mol. The average molecular weight is 245 g/mol. The van der Waals surface area contributed by atoms with E-state index >= 15 is 0 Å². The van der Waals surface area contributed by atoms with Gasteiger partial charge in [0, 0.05) is 12.5 Å². The standard InChI is InChI=1S/C16H23NO/c1-12-4-6-13(7-5-12)10-14-8-9-15(16(14)18)11-17(2)3/h4-7,10,15-16,18H,8-9,11H2,1-3H3/b14-10+. The third kappa shape index (κ3) is 3.21. The summed E-state index contributed by atoms with van der Waals surface area (Å²) in [5.74, 6) is 0.386. The van der Waals surface area contributed by atoms with Crippen LogP contribution in [0.5, 0.6) is 0 Å². The van der Waals surface area contributed by atoms with Crippen LogP contribution < -0.4 is 0 Å². The number of benzene rings is 1. The van der Waals surface area contributed by atoms with Crippen LogP contribution in [0.15, 0.2) is 29.8 Å². The molecule has 2 rings (SSSR count). The topological polar surface area (TPSA) is 23.5 Å². The second kappa shape index (κ2) is 5.68. The first-order valence-electron chi connectivity index (χ1n) is 6.66. The number of aliphatic hydroxyl groups is 1. The van der Waals surface area contributed by atoms with Crippen molar-refractivity contribution in [2.45, 2.75) is 25.9 Å². The lowest BCUT2D eigenvalue weighted by atomic mass is 10.0. The second-order valence-electron chi connectivity index (χ2n) is 5.64. The molecule has 0 saturated heterocycles. The van der Waals surface area contributed by atoms with Crippen LogP contribution in [0.1, 0.15) is 24.0 Å². The Morgan fingerprint density at radius 3 is 2.56 bits per heavy atom. The molecule has 0 heterocycles. The molecule has 1 fully saturated rings. The Morgan fingerprint density at radius 2 is 1.94 bits per heavy atom. The molecule has 0 amide bonds. The van der Waals surface area contributed by atoms with Gasteiger partial charge in [-0.1, -0.05) is 35.9 Å². The molecule has 2 heteroatoms. The molecule has 1 aliphatic rings. The fourth-order valence-corrected chi connectivity index (χ4v) is 2.66. The first-order valence-corrected chi connectivity index (χ1v) is 6.66. The highest BCUT2D eigenvalue weighted by atomic mass is 16.3. The highest BCUT2D eigenvalue weighted by Gasteiger charge is 2.29. The van der Waals surface area contributed by atoms with Gasteiger partial charge in [-0.2, -0.15) is 0 Å². The highest BCUT2D eigenvalue weighted by Crippen LogP contribution is 2.32. The summed E-state index contributed by atoms with van der Waals surface area (Å²) in [6, 6.07) is 8.47. The first-order chi connectivity index (χ1) is 8.56. The van der Waals surface area contributed by atoms with E-state index in [1.54, 1.807) is 0 Å². The Hall–Kier alpha value is -1.12. The number of aryl methyl sites for hydroxylation is 1. The monoisotopic (exact) mass is 245 g/mol. The summed E-state index contributed by atoms with van der Waals surface area (Å²) in [6.45, 7) is 3.06. The van der Waals surface area contributed by atoms with E-state index < -0.39 is 0 Å². The Labute approximate surface area is 110 Å². The van der Waals surface area contributed by atoms with E-state index in [9.17, 15) is 5.11 Å². The lowest BCUT2D eigenvalue weighted by Crippen LogP contribution is -2.27. The number of rotatable bonds is 3. The van der Waals surface area contributed by atoms with Gasteiger partial charge >= 0.3 is 0 Å². The third-order valence-corrected chi connectivity index (χ3v) is 3.66. The molecule has 1 N–H and O–H groups in total. The Kier molecular flexibility index (Phi) is 4.20. The maximum absolute atomic E-state index is 10.3. The van der Waals surface area contributed by atoms with Crippen LogP contribution in [0.4, 0.5) is 0 Å². The van der Waals surface area contributed by atoms with E-state index in [-0.39, 0.29) is 6.10 Å². The summed E-state index contributed by atoms with van der Waals surface area (Å²) in [7, 11) is 4.13. The van der Waals surface area contributed by atoms with Gasteiger partial charge in [0.05, 0.1) is 6.10 Å². The SMILES string of the molecule is Cc1ccc(/C=C2\CCC(CN(C)C)C2O)cc1. The molecule has 0 bridgehead atoms. The Morgan fingerprint density at radius 1 is 1.28 bits per heavy atom. The minimum absolute atomic E-state index is 0.270. The van der Waals surface area contributed by atoms with Crippen molar-refractivity contribution in [1.29, 1.82) is 0 Å². The number of aliphatic hydroxyl groups excluding tert-OH is 1. The molecule has 0 spiro atoms. The molecule has 1 saturated carbocycles. The van der Waals surface area contributed by atoms with Gasteiger partial charge in [-0.15, -0.1) is 0 Å². The molecule has 0 aromatic heterocycles. The van der Waals surface area contributed by atoms with Crippen molar-refractivity contribution >= 4 is 6.08 Å². The average Bonchev–Trinajstić information content (AvgIpc) is 2.64. The lowest BCUT2D eigenvalue weighted by molar-refractivity contribution is 0.141. The summed E-state index contributed by atoms with van der Waals surface area (Å²) >= 11 is 0. The molecular formula is C16H23NO. The number of hydrogen-bond donors (Lipinski definition) is 1. The zero-order chi connectivity index (χ0) is 13.1. The molecule has 2 nitrogen and oxygen atoms in total.